The number of amides is 1. The number of H-pyrrole nitrogens is 1. The normalized spacial score (nSPS) is 14.9. The van der Waals surface area contributed by atoms with Crippen LogP contribution in [0.3, 0.4) is 0 Å². The van der Waals surface area contributed by atoms with Crippen LogP contribution in [-0.4, -0.2) is 56.8 Å². The molecule has 2 aromatic carbocycles. The minimum Gasteiger partial charge on any atom is -0.383 e. The molecular weight excluding hydrogens is 392 g/mol. The number of hydrogen-bond acceptors (Lipinski definition) is 6. The molecule has 1 amide bonds. The highest BCUT2D eigenvalue weighted by Crippen LogP contribution is 2.18. The van der Waals surface area contributed by atoms with Crippen molar-refractivity contribution in [2.75, 3.05) is 31.9 Å². The Balaban J connectivity index is 1.27. The van der Waals surface area contributed by atoms with E-state index < -0.39 is 0 Å². The highest BCUT2D eigenvalue weighted by atomic mass is 16.2. The van der Waals surface area contributed by atoms with Gasteiger partial charge in [0, 0.05) is 37.0 Å². The number of carbonyl (C=O) groups excluding carboxylic acids is 1. The van der Waals surface area contributed by atoms with Crippen molar-refractivity contribution in [3.8, 4) is 0 Å². The molecule has 31 heavy (non-hydrogen) atoms. The maximum absolute atomic E-state index is 12.9. The van der Waals surface area contributed by atoms with Crippen LogP contribution in [0.2, 0.25) is 0 Å². The van der Waals surface area contributed by atoms with E-state index in [2.05, 4.69) is 19.9 Å². The number of anilines is 1. The lowest BCUT2D eigenvalue weighted by molar-refractivity contribution is 0.0620. The van der Waals surface area contributed by atoms with Gasteiger partial charge in [-0.1, -0.05) is 30.3 Å². The minimum atomic E-state index is -0.244. The molecule has 5 rings (SSSR count). The first-order valence-electron chi connectivity index (χ1n) is 10.2. The smallest absolute Gasteiger partial charge is 0.270 e. The Morgan fingerprint density at radius 3 is 2.48 bits per heavy atom. The Morgan fingerprint density at radius 2 is 1.68 bits per heavy atom. The highest BCUT2D eigenvalue weighted by molar-refractivity contribution is 5.96. The maximum atomic E-state index is 12.9. The molecule has 0 radical (unpaired) electrons. The van der Waals surface area contributed by atoms with Crippen molar-refractivity contribution in [2.24, 2.45) is 0 Å². The van der Waals surface area contributed by atoms with Crippen LogP contribution in [0.4, 0.5) is 5.82 Å². The number of aromatic amines is 1. The molecule has 0 atom stereocenters. The molecule has 8 nitrogen and oxygen atoms in total. The molecule has 0 aliphatic carbocycles. The number of para-hydroxylation sites is 1. The topological polar surface area (TPSA) is 108 Å². The van der Waals surface area contributed by atoms with E-state index in [-0.39, 0.29) is 11.5 Å². The Kier molecular flexibility index (Phi) is 4.83. The van der Waals surface area contributed by atoms with Gasteiger partial charge in [-0.2, -0.15) is 0 Å². The zero-order valence-corrected chi connectivity index (χ0v) is 16.9. The number of rotatable bonds is 3. The standard InChI is InChI=1S/C23H22N6O2/c24-21-17-7-3-4-8-18(17)25-20(27-21)14-28-9-11-29(12-10-28)23(31)19-13-15-5-1-2-6-16(15)22(30)26-19/h1-8,13H,9-12,14H2,(H,26,30)(H2,24,25,27). The number of fused-ring (bicyclic) bond motifs is 2. The monoisotopic (exact) mass is 414 g/mol. The first-order chi connectivity index (χ1) is 15.1. The summed E-state index contributed by atoms with van der Waals surface area (Å²) in [6, 6.07) is 16.7. The average molecular weight is 414 g/mol. The number of hydrogen-bond donors (Lipinski definition) is 2. The number of nitrogens with zero attached hydrogens (tertiary/aromatic N) is 4. The third-order valence-corrected chi connectivity index (χ3v) is 5.69. The summed E-state index contributed by atoms with van der Waals surface area (Å²) in [4.78, 5) is 41.0. The van der Waals surface area contributed by atoms with E-state index >= 15 is 0 Å². The van der Waals surface area contributed by atoms with E-state index in [1.165, 1.54) is 0 Å². The molecule has 1 aliphatic rings. The van der Waals surface area contributed by atoms with Gasteiger partial charge in [0.15, 0.2) is 0 Å². The molecule has 1 aliphatic heterocycles. The van der Waals surface area contributed by atoms with Gasteiger partial charge in [0.05, 0.1) is 12.1 Å². The molecule has 3 heterocycles. The minimum absolute atomic E-state index is 0.159. The predicted octanol–water partition coefficient (Wildman–Crippen LogP) is 2.01. The fraction of sp³-hybridized carbons (Fsp3) is 0.217. The van der Waals surface area contributed by atoms with E-state index in [1.54, 1.807) is 17.0 Å². The zero-order valence-electron chi connectivity index (χ0n) is 16.9. The lowest BCUT2D eigenvalue weighted by atomic mass is 10.1. The molecule has 0 spiro atoms. The fourth-order valence-electron chi connectivity index (χ4n) is 4.03. The molecule has 3 N–H and O–H groups in total. The van der Waals surface area contributed by atoms with Crippen LogP contribution in [0.15, 0.2) is 59.4 Å². The van der Waals surface area contributed by atoms with Crippen LogP contribution in [0.5, 0.6) is 0 Å². The van der Waals surface area contributed by atoms with E-state index in [1.807, 2.05) is 42.5 Å². The lowest BCUT2D eigenvalue weighted by Gasteiger charge is -2.34. The van der Waals surface area contributed by atoms with E-state index in [0.29, 0.717) is 55.4 Å². The van der Waals surface area contributed by atoms with Crippen LogP contribution in [-0.2, 0) is 6.54 Å². The summed E-state index contributed by atoms with van der Waals surface area (Å²) in [5.41, 5.74) is 7.00. The SMILES string of the molecule is Nc1nc(CN2CCN(C(=O)c3cc4ccccc4c(=O)[nH]3)CC2)nc2ccccc12. The number of aromatic nitrogens is 3. The van der Waals surface area contributed by atoms with Crippen LogP contribution in [0.1, 0.15) is 16.3 Å². The summed E-state index contributed by atoms with van der Waals surface area (Å²) >= 11 is 0. The maximum Gasteiger partial charge on any atom is 0.270 e. The van der Waals surface area contributed by atoms with Crippen LogP contribution in [0.25, 0.3) is 21.7 Å². The molecule has 8 heteroatoms. The van der Waals surface area contributed by atoms with Gasteiger partial charge < -0.3 is 15.6 Å². The summed E-state index contributed by atoms with van der Waals surface area (Å²) in [5.74, 6) is 0.998. The Morgan fingerprint density at radius 1 is 0.968 bits per heavy atom. The largest absolute Gasteiger partial charge is 0.383 e. The Bertz CT molecular complexity index is 1340. The summed E-state index contributed by atoms with van der Waals surface area (Å²) in [5, 5.41) is 2.20. The average Bonchev–Trinajstić information content (AvgIpc) is 2.79. The van der Waals surface area contributed by atoms with Crippen molar-refractivity contribution < 1.29 is 4.79 Å². The molecule has 0 saturated carbocycles. The van der Waals surface area contributed by atoms with Crippen LogP contribution >= 0.6 is 0 Å². The van der Waals surface area contributed by atoms with Crippen molar-refractivity contribution in [1.82, 2.24) is 24.8 Å². The summed E-state index contributed by atoms with van der Waals surface area (Å²) in [6.45, 7) is 3.09. The molecule has 0 unspecified atom stereocenters. The summed E-state index contributed by atoms with van der Waals surface area (Å²) in [7, 11) is 0. The Labute approximate surface area is 178 Å². The second-order valence-electron chi connectivity index (χ2n) is 7.71. The van der Waals surface area contributed by atoms with Crippen molar-refractivity contribution in [2.45, 2.75) is 6.54 Å². The van der Waals surface area contributed by atoms with Crippen molar-refractivity contribution in [3.05, 3.63) is 76.5 Å². The number of pyridine rings is 1. The lowest BCUT2D eigenvalue weighted by Crippen LogP contribution is -2.48. The van der Waals surface area contributed by atoms with E-state index in [9.17, 15) is 9.59 Å². The fourth-order valence-corrected chi connectivity index (χ4v) is 4.03. The molecular formula is C23H22N6O2. The second-order valence-corrected chi connectivity index (χ2v) is 7.71. The van der Waals surface area contributed by atoms with Gasteiger partial charge in [-0.25, -0.2) is 9.97 Å². The molecule has 156 valence electrons. The number of benzene rings is 2. The molecule has 2 aromatic heterocycles. The number of nitrogens with one attached hydrogen (secondary N) is 1. The van der Waals surface area contributed by atoms with Crippen molar-refractivity contribution in [1.29, 1.82) is 0 Å². The molecule has 4 aromatic rings. The number of piperazine rings is 1. The highest BCUT2D eigenvalue weighted by Gasteiger charge is 2.24. The van der Waals surface area contributed by atoms with Crippen molar-refractivity contribution in [3.63, 3.8) is 0 Å². The van der Waals surface area contributed by atoms with E-state index in [4.69, 9.17) is 5.73 Å². The Hall–Kier alpha value is -3.78. The van der Waals surface area contributed by atoms with Gasteiger partial charge >= 0.3 is 0 Å². The van der Waals surface area contributed by atoms with Gasteiger partial charge in [0.25, 0.3) is 11.5 Å². The number of nitrogen functional groups attached to an aromatic ring is 1. The quantitative estimate of drug-likeness (QED) is 0.531. The first-order valence-corrected chi connectivity index (χ1v) is 10.2. The molecule has 1 fully saturated rings. The van der Waals surface area contributed by atoms with Crippen LogP contribution < -0.4 is 11.3 Å². The number of carbonyl (C=O) groups is 1. The van der Waals surface area contributed by atoms with Gasteiger partial charge in [-0.15, -0.1) is 0 Å². The number of nitrogens with two attached hydrogens (primary N) is 1. The van der Waals surface area contributed by atoms with Gasteiger partial charge in [0.1, 0.15) is 17.3 Å². The predicted molar refractivity (Wildman–Crippen MR) is 120 cm³/mol. The van der Waals surface area contributed by atoms with Gasteiger partial charge in [-0.3, -0.25) is 14.5 Å². The molecule has 0 bridgehead atoms. The van der Waals surface area contributed by atoms with E-state index in [0.717, 1.165) is 16.3 Å². The first kappa shape index (κ1) is 19.2. The zero-order chi connectivity index (χ0) is 21.4. The summed E-state index contributed by atoms with van der Waals surface area (Å²) < 4.78 is 0. The summed E-state index contributed by atoms with van der Waals surface area (Å²) in [6.07, 6.45) is 0. The second kappa shape index (κ2) is 7.81. The third kappa shape index (κ3) is 3.73. The molecule has 1 saturated heterocycles. The third-order valence-electron chi connectivity index (χ3n) is 5.69. The van der Waals surface area contributed by atoms with Gasteiger partial charge in [-0.05, 0) is 29.7 Å². The van der Waals surface area contributed by atoms with Crippen molar-refractivity contribution >= 4 is 33.4 Å². The van der Waals surface area contributed by atoms with Crippen LogP contribution in [0, 0.1) is 0 Å². The van der Waals surface area contributed by atoms with Gasteiger partial charge in [0.2, 0.25) is 0 Å².